The van der Waals surface area contributed by atoms with Crippen LogP contribution in [0.15, 0.2) is 0 Å². The minimum atomic E-state index is -1.14. The molecule has 9 nitrogen and oxygen atoms in total. The van der Waals surface area contributed by atoms with Crippen LogP contribution in [0.1, 0.15) is 34.1 Å². The Kier molecular flexibility index (Phi) is 11.7. The fourth-order valence-corrected chi connectivity index (χ4v) is 2.58. The van der Waals surface area contributed by atoms with Gasteiger partial charge >= 0.3 is 5.97 Å². The molecule has 0 heterocycles. The maximum absolute atomic E-state index is 12.4. The van der Waals surface area contributed by atoms with Gasteiger partial charge in [-0.25, -0.2) is 4.79 Å². The quantitative estimate of drug-likeness (QED) is 0.295. The SMILES string of the molecule is CSCCC(NC(=O)C(N)C(C)C)C(=O)NCC(=O)NC(C(=O)O)C(C)C. The molecule has 0 rings (SSSR count). The van der Waals surface area contributed by atoms with Gasteiger partial charge in [-0.3, -0.25) is 14.4 Å². The lowest BCUT2D eigenvalue weighted by molar-refractivity contribution is -0.143. The molecule has 6 N–H and O–H groups in total. The Morgan fingerprint density at radius 2 is 1.59 bits per heavy atom. The van der Waals surface area contributed by atoms with Crippen molar-refractivity contribution in [2.24, 2.45) is 17.6 Å². The average molecular weight is 405 g/mol. The summed E-state index contributed by atoms with van der Waals surface area (Å²) < 4.78 is 0. The van der Waals surface area contributed by atoms with Gasteiger partial charge in [0, 0.05) is 0 Å². The van der Waals surface area contributed by atoms with Crippen molar-refractivity contribution in [1.29, 1.82) is 0 Å². The molecule has 3 atom stereocenters. The van der Waals surface area contributed by atoms with Crippen molar-refractivity contribution in [2.45, 2.75) is 52.2 Å². The van der Waals surface area contributed by atoms with Crippen LogP contribution in [0.4, 0.5) is 0 Å². The predicted octanol–water partition coefficient (Wildman–Crippen LogP) is -0.451. The van der Waals surface area contributed by atoms with Crippen LogP contribution in [0, 0.1) is 11.8 Å². The number of hydrogen-bond donors (Lipinski definition) is 5. The third kappa shape index (κ3) is 9.62. The van der Waals surface area contributed by atoms with Gasteiger partial charge in [0.05, 0.1) is 12.6 Å². The maximum atomic E-state index is 12.4. The zero-order valence-corrected chi connectivity index (χ0v) is 17.4. The number of amides is 3. The number of rotatable bonds is 12. The van der Waals surface area contributed by atoms with Crippen molar-refractivity contribution in [1.82, 2.24) is 16.0 Å². The van der Waals surface area contributed by atoms with E-state index in [2.05, 4.69) is 16.0 Å². The first-order valence-corrected chi connectivity index (χ1v) is 10.2. The van der Waals surface area contributed by atoms with E-state index in [9.17, 15) is 19.2 Å². The third-order valence-electron chi connectivity index (χ3n) is 3.94. The number of carboxylic acids is 1. The molecule has 0 radical (unpaired) electrons. The lowest BCUT2D eigenvalue weighted by Crippen LogP contribution is -2.54. The van der Waals surface area contributed by atoms with E-state index >= 15 is 0 Å². The molecule has 156 valence electrons. The third-order valence-corrected chi connectivity index (χ3v) is 4.58. The molecule has 3 amide bonds. The van der Waals surface area contributed by atoms with E-state index in [0.717, 1.165) is 0 Å². The Hall–Kier alpha value is -1.81. The second-order valence-corrected chi connectivity index (χ2v) is 7.94. The highest BCUT2D eigenvalue weighted by atomic mass is 32.2. The van der Waals surface area contributed by atoms with Crippen LogP contribution >= 0.6 is 11.8 Å². The van der Waals surface area contributed by atoms with Crippen LogP contribution < -0.4 is 21.7 Å². The number of aliphatic carboxylic acids is 1. The molecular weight excluding hydrogens is 372 g/mol. The Bertz CT molecular complexity index is 527. The van der Waals surface area contributed by atoms with Gasteiger partial charge in [-0.2, -0.15) is 11.8 Å². The molecule has 0 fully saturated rings. The number of carbonyl (C=O) groups excluding carboxylic acids is 3. The zero-order valence-electron chi connectivity index (χ0n) is 16.6. The van der Waals surface area contributed by atoms with Crippen LogP contribution in [0.3, 0.4) is 0 Å². The summed E-state index contributed by atoms with van der Waals surface area (Å²) in [7, 11) is 0. The Morgan fingerprint density at radius 3 is 2.04 bits per heavy atom. The minimum absolute atomic E-state index is 0.0796. The van der Waals surface area contributed by atoms with Gasteiger partial charge in [-0.1, -0.05) is 27.7 Å². The van der Waals surface area contributed by atoms with E-state index in [0.29, 0.717) is 12.2 Å². The average Bonchev–Trinajstić information content (AvgIpc) is 2.59. The van der Waals surface area contributed by atoms with Crippen molar-refractivity contribution in [3.8, 4) is 0 Å². The highest BCUT2D eigenvalue weighted by molar-refractivity contribution is 7.98. The molecule has 0 spiro atoms. The topological polar surface area (TPSA) is 151 Å². The van der Waals surface area contributed by atoms with E-state index in [1.807, 2.05) is 6.26 Å². The first-order chi connectivity index (χ1) is 12.5. The van der Waals surface area contributed by atoms with Crippen LogP contribution in [0.5, 0.6) is 0 Å². The molecule has 0 aliphatic carbocycles. The van der Waals surface area contributed by atoms with Crippen LogP contribution in [0.25, 0.3) is 0 Å². The minimum Gasteiger partial charge on any atom is -0.480 e. The predicted molar refractivity (Wildman–Crippen MR) is 105 cm³/mol. The van der Waals surface area contributed by atoms with E-state index in [1.54, 1.807) is 27.7 Å². The smallest absolute Gasteiger partial charge is 0.326 e. The van der Waals surface area contributed by atoms with Crippen molar-refractivity contribution >= 4 is 35.5 Å². The van der Waals surface area contributed by atoms with E-state index in [1.165, 1.54) is 11.8 Å². The summed E-state index contributed by atoms with van der Waals surface area (Å²) in [6.07, 6.45) is 2.26. The van der Waals surface area contributed by atoms with Crippen molar-refractivity contribution in [3.05, 3.63) is 0 Å². The molecule has 0 bridgehead atoms. The molecule has 10 heteroatoms. The number of nitrogens with two attached hydrogens (primary N) is 1. The fraction of sp³-hybridized carbons (Fsp3) is 0.765. The molecule has 0 aromatic carbocycles. The monoisotopic (exact) mass is 404 g/mol. The Labute approximate surface area is 164 Å². The van der Waals surface area contributed by atoms with Crippen molar-refractivity contribution in [2.75, 3.05) is 18.6 Å². The summed E-state index contributed by atoms with van der Waals surface area (Å²) in [5.41, 5.74) is 5.80. The summed E-state index contributed by atoms with van der Waals surface area (Å²) in [6.45, 7) is 6.57. The standard InChI is InChI=1S/C17H32N4O5S/c1-9(2)13(18)16(24)20-11(6-7-27-5)15(23)19-8-12(22)21-14(10(3)4)17(25)26/h9-11,13-14H,6-8,18H2,1-5H3,(H,19,23)(H,20,24)(H,21,22)(H,25,26). The zero-order chi connectivity index (χ0) is 21.1. The highest BCUT2D eigenvalue weighted by Crippen LogP contribution is 2.04. The first-order valence-electron chi connectivity index (χ1n) is 8.86. The molecule has 0 aliphatic heterocycles. The summed E-state index contributed by atoms with van der Waals surface area (Å²) in [4.78, 5) is 47.5. The van der Waals surface area contributed by atoms with E-state index in [4.69, 9.17) is 10.8 Å². The van der Waals surface area contributed by atoms with Gasteiger partial charge in [-0.05, 0) is 30.3 Å². The van der Waals surface area contributed by atoms with E-state index in [-0.39, 0.29) is 18.4 Å². The summed E-state index contributed by atoms with van der Waals surface area (Å²) >= 11 is 1.52. The van der Waals surface area contributed by atoms with Crippen molar-refractivity contribution in [3.63, 3.8) is 0 Å². The maximum Gasteiger partial charge on any atom is 0.326 e. The molecule has 0 saturated heterocycles. The highest BCUT2D eigenvalue weighted by Gasteiger charge is 2.26. The van der Waals surface area contributed by atoms with Crippen LogP contribution in [0.2, 0.25) is 0 Å². The molecule has 3 unspecified atom stereocenters. The summed E-state index contributed by atoms with van der Waals surface area (Å²) in [5.74, 6) is -2.44. The van der Waals surface area contributed by atoms with Gasteiger partial charge < -0.3 is 26.8 Å². The normalized spacial score (nSPS) is 14.4. The number of carboxylic acid groups (broad SMARTS) is 1. The Balaban J connectivity index is 4.78. The van der Waals surface area contributed by atoms with Crippen LogP contribution in [-0.2, 0) is 19.2 Å². The largest absolute Gasteiger partial charge is 0.480 e. The van der Waals surface area contributed by atoms with Gasteiger partial charge in [0.1, 0.15) is 12.1 Å². The van der Waals surface area contributed by atoms with Crippen LogP contribution in [-0.4, -0.2) is 65.5 Å². The fourth-order valence-electron chi connectivity index (χ4n) is 2.10. The van der Waals surface area contributed by atoms with Crippen molar-refractivity contribution < 1.29 is 24.3 Å². The van der Waals surface area contributed by atoms with Gasteiger partial charge in [0.2, 0.25) is 17.7 Å². The molecular formula is C17H32N4O5S. The summed E-state index contributed by atoms with van der Waals surface area (Å²) in [5, 5.41) is 16.5. The number of thioether (sulfide) groups is 1. The lowest BCUT2D eigenvalue weighted by Gasteiger charge is -2.22. The second kappa shape index (κ2) is 12.6. The number of carbonyl (C=O) groups is 4. The number of nitrogens with one attached hydrogen (secondary N) is 3. The Morgan fingerprint density at radius 1 is 1.00 bits per heavy atom. The van der Waals surface area contributed by atoms with Gasteiger partial charge in [0.15, 0.2) is 0 Å². The van der Waals surface area contributed by atoms with Gasteiger partial charge in [0.25, 0.3) is 0 Å². The van der Waals surface area contributed by atoms with E-state index < -0.39 is 41.8 Å². The van der Waals surface area contributed by atoms with Gasteiger partial charge in [-0.15, -0.1) is 0 Å². The number of hydrogen-bond acceptors (Lipinski definition) is 6. The molecule has 0 aromatic heterocycles. The molecule has 0 aromatic rings. The molecule has 0 aliphatic rings. The first kappa shape index (κ1) is 25.2. The summed E-state index contributed by atoms with van der Waals surface area (Å²) in [6, 6.07) is -2.59. The lowest BCUT2D eigenvalue weighted by atomic mass is 10.0. The molecule has 0 saturated carbocycles. The second-order valence-electron chi connectivity index (χ2n) is 6.96. The molecule has 27 heavy (non-hydrogen) atoms.